The summed E-state index contributed by atoms with van der Waals surface area (Å²) < 4.78 is 12.0. The molecule has 0 aliphatic heterocycles. The molecule has 1 rings (SSSR count). The van der Waals surface area contributed by atoms with Crippen LogP contribution in [0.15, 0.2) is 6.07 Å². The van der Waals surface area contributed by atoms with E-state index in [2.05, 4.69) is 18.9 Å². The SMILES string of the molecule is CCCCC(CC)COC(=O)OSC(=S)n1nc(C)cc1C. The number of aromatic nitrogens is 2. The average Bonchev–Trinajstić information content (AvgIpc) is 2.83. The number of nitrogens with zero attached hydrogens (tertiary/aromatic N) is 2. The maximum absolute atomic E-state index is 11.6. The van der Waals surface area contributed by atoms with Gasteiger partial charge in [-0.2, -0.15) is 5.10 Å². The van der Waals surface area contributed by atoms with Gasteiger partial charge in [0.2, 0.25) is 4.32 Å². The van der Waals surface area contributed by atoms with E-state index in [1.54, 1.807) is 4.68 Å². The molecule has 1 aromatic heterocycles. The van der Waals surface area contributed by atoms with Crippen molar-refractivity contribution < 1.29 is 13.7 Å². The van der Waals surface area contributed by atoms with Crippen LogP contribution in [0.25, 0.3) is 0 Å². The highest BCUT2D eigenvalue weighted by molar-refractivity contribution is 8.20. The molecule has 0 amide bonds. The highest BCUT2D eigenvalue weighted by atomic mass is 32.2. The lowest BCUT2D eigenvalue weighted by Crippen LogP contribution is -2.15. The second-order valence-corrected chi connectivity index (χ2v) is 6.61. The van der Waals surface area contributed by atoms with Crippen molar-refractivity contribution >= 4 is 34.7 Å². The van der Waals surface area contributed by atoms with Crippen molar-refractivity contribution in [3.63, 3.8) is 0 Å². The molecule has 0 saturated carbocycles. The molecule has 0 saturated heterocycles. The van der Waals surface area contributed by atoms with Crippen LogP contribution in [0.2, 0.25) is 0 Å². The Morgan fingerprint density at radius 3 is 2.73 bits per heavy atom. The van der Waals surface area contributed by atoms with Crippen molar-refractivity contribution in [1.29, 1.82) is 0 Å². The zero-order chi connectivity index (χ0) is 16.5. The Bertz CT molecular complexity index is 503. The van der Waals surface area contributed by atoms with Crippen LogP contribution in [0.1, 0.15) is 50.9 Å². The van der Waals surface area contributed by atoms with Crippen LogP contribution in [0.5, 0.6) is 0 Å². The normalized spacial score (nSPS) is 12.0. The van der Waals surface area contributed by atoms with Gasteiger partial charge in [0.25, 0.3) is 0 Å². The molecule has 1 atom stereocenters. The summed E-state index contributed by atoms with van der Waals surface area (Å²) in [4.78, 5) is 11.6. The van der Waals surface area contributed by atoms with E-state index in [1.807, 2.05) is 19.9 Å². The summed E-state index contributed by atoms with van der Waals surface area (Å²) in [6, 6.07) is 1.91. The predicted octanol–water partition coefficient (Wildman–Crippen LogP) is 4.65. The van der Waals surface area contributed by atoms with Gasteiger partial charge in [-0.15, -0.1) is 0 Å². The van der Waals surface area contributed by atoms with Crippen molar-refractivity contribution in [3.05, 3.63) is 17.5 Å². The fourth-order valence-electron chi connectivity index (χ4n) is 2.03. The van der Waals surface area contributed by atoms with Gasteiger partial charge in [-0.1, -0.05) is 33.1 Å². The summed E-state index contributed by atoms with van der Waals surface area (Å²) in [5, 5.41) is 4.23. The zero-order valence-electron chi connectivity index (χ0n) is 13.6. The molecule has 0 aromatic carbocycles. The predicted molar refractivity (Wildman–Crippen MR) is 93.0 cm³/mol. The number of hydrogen-bond donors (Lipinski definition) is 0. The van der Waals surface area contributed by atoms with Crippen molar-refractivity contribution in [1.82, 2.24) is 9.78 Å². The minimum absolute atomic E-state index is 0.362. The van der Waals surface area contributed by atoms with Gasteiger partial charge in [0.1, 0.15) is 12.0 Å². The minimum Gasteiger partial charge on any atom is -0.433 e. The van der Waals surface area contributed by atoms with Crippen LogP contribution < -0.4 is 0 Å². The van der Waals surface area contributed by atoms with E-state index in [0.717, 1.165) is 49.1 Å². The molecule has 0 fully saturated rings. The van der Waals surface area contributed by atoms with Crippen molar-refractivity contribution in [2.45, 2.75) is 53.4 Å². The van der Waals surface area contributed by atoms with Gasteiger partial charge in [-0.25, -0.2) is 9.48 Å². The first-order valence-corrected chi connectivity index (χ1v) is 8.71. The van der Waals surface area contributed by atoms with Crippen LogP contribution in [-0.2, 0) is 8.92 Å². The molecule has 0 aliphatic rings. The van der Waals surface area contributed by atoms with E-state index < -0.39 is 6.16 Å². The lowest BCUT2D eigenvalue weighted by molar-refractivity contribution is 0.0877. The lowest BCUT2D eigenvalue weighted by atomic mass is 10.0. The summed E-state index contributed by atoms with van der Waals surface area (Å²) in [6.45, 7) is 8.42. The third-order valence-corrected chi connectivity index (χ3v) is 4.26. The van der Waals surface area contributed by atoms with Crippen LogP contribution in [0, 0.1) is 19.8 Å². The smallest absolute Gasteiger partial charge is 0.433 e. The Labute approximate surface area is 141 Å². The summed E-state index contributed by atoms with van der Waals surface area (Å²) in [5.74, 6) is 0.389. The van der Waals surface area contributed by atoms with Crippen LogP contribution in [0.3, 0.4) is 0 Å². The first-order valence-electron chi connectivity index (χ1n) is 7.56. The largest absolute Gasteiger partial charge is 0.521 e. The van der Waals surface area contributed by atoms with Crippen molar-refractivity contribution in [2.75, 3.05) is 6.61 Å². The van der Waals surface area contributed by atoms with Crippen LogP contribution in [0.4, 0.5) is 4.79 Å². The molecule has 1 heterocycles. The Balaban J connectivity index is 2.33. The Morgan fingerprint density at radius 1 is 1.45 bits per heavy atom. The fourth-order valence-corrected chi connectivity index (χ4v) is 2.76. The lowest BCUT2D eigenvalue weighted by Gasteiger charge is -2.14. The topological polar surface area (TPSA) is 53.4 Å². The Kier molecular flexibility index (Phi) is 8.48. The van der Waals surface area contributed by atoms with E-state index in [9.17, 15) is 4.79 Å². The maximum Gasteiger partial charge on any atom is 0.521 e. The van der Waals surface area contributed by atoms with Crippen molar-refractivity contribution in [2.24, 2.45) is 5.92 Å². The number of hydrogen-bond acceptors (Lipinski definition) is 6. The van der Waals surface area contributed by atoms with E-state index in [-0.39, 0.29) is 0 Å². The first-order chi connectivity index (χ1) is 10.5. The summed E-state index contributed by atoms with van der Waals surface area (Å²) >= 11 is 5.99. The summed E-state index contributed by atoms with van der Waals surface area (Å²) in [6.07, 6.45) is 3.65. The third-order valence-electron chi connectivity index (χ3n) is 3.34. The molecule has 0 radical (unpaired) electrons. The molecule has 124 valence electrons. The molecular weight excluding hydrogens is 320 g/mol. The second-order valence-electron chi connectivity index (χ2n) is 5.25. The molecule has 7 heteroatoms. The highest BCUT2D eigenvalue weighted by Gasteiger charge is 2.14. The molecule has 0 bridgehead atoms. The summed E-state index contributed by atoms with van der Waals surface area (Å²) in [5.41, 5.74) is 1.77. The molecule has 0 N–H and O–H groups in total. The minimum atomic E-state index is -0.705. The van der Waals surface area contributed by atoms with Crippen LogP contribution in [-0.4, -0.2) is 26.9 Å². The quantitative estimate of drug-likeness (QED) is 0.425. The number of ether oxygens (including phenoxy) is 1. The van der Waals surface area contributed by atoms with Gasteiger partial charge in [0.15, 0.2) is 0 Å². The molecule has 22 heavy (non-hydrogen) atoms. The number of carbonyl (C=O) groups is 1. The molecule has 1 aromatic rings. The number of rotatable bonds is 6. The van der Waals surface area contributed by atoms with Gasteiger partial charge in [0, 0.05) is 5.69 Å². The van der Waals surface area contributed by atoms with Gasteiger partial charge in [-0.05, 0) is 44.5 Å². The van der Waals surface area contributed by atoms with E-state index >= 15 is 0 Å². The summed E-state index contributed by atoms with van der Waals surface area (Å²) in [7, 11) is 0. The second kappa shape index (κ2) is 9.84. The first kappa shape index (κ1) is 19.0. The third kappa shape index (κ3) is 6.36. The highest BCUT2D eigenvalue weighted by Crippen LogP contribution is 2.16. The van der Waals surface area contributed by atoms with Gasteiger partial charge >= 0.3 is 6.16 Å². The standard InChI is InChI=1S/C15H24N2O3S2/c1-5-7-8-13(6-2)10-19-15(18)20-22-14(21)17-12(4)9-11(3)16-17/h9,13H,5-8,10H2,1-4H3. The fraction of sp³-hybridized carbons (Fsp3) is 0.667. The number of unbranched alkanes of at least 4 members (excludes halogenated alkanes) is 1. The zero-order valence-corrected chi connectivity index (χ0v) is 15.3. The molecule has 5 nitrogen and oxygen atoms in total. The molecule has 0 aliphatic carbocycles. The molecule has 1 unspecified atom stereocenters. The Morgan fingerprint density at radius 2 is 2.18 bits per heavy atom. The molecule has 0 spiro atoms. The van der Waals surface area contributed by atoms with Gasteiger partial charge in [-0.3, -0.25) is 0 Å². The number of aryl methyl sites for hydroxylation is 2. The Hall–Kier alpha value is -1.08. The maximum atomic E-state index is 11.6. The number of carbonyl (C=O) groups excluding carboxylic acids is 1. The van der Waals surface area contributed by atoms with Gasteiger partial charge < -0.3 is 8.92 Å². The van der Waals surface area contributed by atoms with E-state index in [0.29, 0.717) is 16.8 Å². The molecular formula is C15H24N2O3S2. The average molecular weight is 345 g/mol. The van der Waals surface area contributed by atoms with Crippen molar-refractivity contribution in [3.8, 4) is 0 Å². The monoisotopic (exact) mass is 344 g/mol. The van der Waals surface area contributed by atoms with E-state index in [1.165, 1.54) is 0 Å². The number of thiocarbonyl (C=S) groups is 1. The van der Waals surface area contributed by atoms with Crippen LogP contribution >= 0.6 is 24.3 Å². The van der Waals surface area contributed by atoms with Gasteiger partial charge in [0.05, 0.1) is 12.3 Å². The van der Waals surface area contributed by atoms with E-state index in [4.69, 9.17) is 21.1 Å².